The van der Waals surface area contributed by atoms with Gasteiger partial charge in [0.05, 0.1) is 22.6 Å². The van der Waals surface area contributed by atoms with Crippen LogP contribution >= 0.6 is 22.6 Å². The first-order chi connectivity index (χ1) is 17.2. The van der Waals surface area contributed by atoms with Gasteiger partial charge in [0.25, 0.3) is 5.56 Å². The summed E-state index contributed by atoms with van der Waals surface area (Å²) >= 11 is 2.35. The molecule has 2 aliphatic carbocycles. The Hall–Kier alpha value is -0.806. The molecule has 6 atom stereocenters. The van der Waals surface area contributed by atoms with E-state index in [0.29, 0.717) is 25.0 Å². The highest BCUT2D eigenvalue weighted by atomic mass is 127. The van der Waals surface area contributed by atoms with Gasteiger partial charge < -0.3 is 18.3 Å². The zero-order valence-corrected chi connectivity index (χ0v) is 28.5. The summed E-state index contributed by atoms with van der Waals surface area (Å²) < 4.78 is 27.8. The number of nitrogens with one attached hydrogen (secondary N) is 1. The maximum atomic E-state index is 13.0. The highest BCUT2D eigenvalue weighted by Crippen LogP contribution is 2.79. The molecular weight excluding hydrogens is 635 g/mol. The van der Waals surface area contributed by atoms with E-state index in [9.17, 15) is 14.4 Å². The minimum absolute atomic E-state index is 0.0560. The van der Waals surface area contributed by atoms with E-state index in [-0.39, 0.29) is 21.4 Å². The molecule has 3 fully saturated rings. The average Bonchev–Trinajstić information content (AvgIpc) is 3.13. The Labute approximate surface area is 240 Å². The number of alkyl halides is 1. The fourth-order valence-corrected chi connectivity index (χ4v) is 10.7. The van der Waals surface area contributed by atoms with Gasteiger partial charge >= 0.3 is 11.7 Å². The summed E-state index contributed by atoms with van der Waals surface area (Å²) in [5.41, 5.74) is -2.42. The molecule has 0 spiro atoms. The number of hydrogen-bond donors (Lipinski definition) is 1. The van der Waals surface area contributed by atoms with Crippen LogP contribution in [0.2, 0.25) is 37.8 Å². The second-order valence-electron chi connectivity index (χ2n) is 13.8. The van der Waals surface area contributed by atoms with E-state index >= 15 is 0 Å². The first-order valence-corrected chi connectivity index (χ1v) is 21.0. The standard InChI is InChI=1S/C26H43IN2O7Si2/c1-11-33-17(30)12-24-14-25(35-37(6,7)8)18(27)20(29-13-16(2)19(31)28-22(29)32)34-21(25)26(24,15-24)36-38(9,10)23(3,4)5/h13,18,20-21H,11-12,14-15H2,1-10H3,(H,28,31,32)/t18-,20+,21?,24+,25-,26-/m0/s1. The van der Waals surface area contributed by atoms with Crippen LogP contribution in [0.1, 0.15) is 58.7 Å². The molecule has 9 nitrogen and oxygen atoms in total. The normalized spacial score (nSPS) is 34.7. The summed E-state index contributed by atoms with van der Waals surface area (Å²) in [4.78, 5) is 40.4. The lowest BCUT2D eigenvalue weighted by molar-refractivity contribution is -0.145. The van der Waals surface area contributed by atoms with Crippen molar-refractivity contribution in [3.8, 4) is 0 Å². The molecule has 12 heteroatoms. The van der Waals surface area contributed by atoms with E-state index < -0.39 is 56.8 Å². The zero-order chi connectivity index (χ0) is 28.7. The van der Waals surface area contributed by atoms with Crippen LogP contribution in [0.15, 0.2) is 15.8 Å². The molecule has 1 aromatic rings. The molecule has 3 aliphatic rings. The Balaban J connectivity index is 1.86. The lowest BCUT2D eigenvalue weighted by Gasteiger charge is -2.44. The number of aromatic nitrogens is 2. The summed E-state index contributed by atoms with van der Waals surface area (Å²) in [5.74, 6) is -0.231. The third-order valence-electron chi connectivity index (χ3n) is 8.80. The minimum Gasteiger partial charge on any atom is -0.466 e. The number of halogens is 1. The molecule has 2 heterocycles. The Morgan fingerprint density at radius 2 is 1.82 bits per heavy atom. The van der Waals surface area contributed by atoms with Crippen molar-refractivity contribution in [3.05, 3.63) is 32.6 Å². The molecule has 0 amide bonds. The van der Waals surface area contributed by atoms with Crippen molar-refractivity contribution >= 4 is 45.2 Å². The van der Waals surface area contributed by atoms with Crippen LogP contribution in [0, 0.1) is 12.3 Å². The van der Waals surface area contributed by atoms with Crippen molar-refractivity contribution in [2.24, 2.45) is 5.41 Å². The first kappa shape index (κ1) is 30.2. The maximum absolute atomic E-state index is 13.0. The Kier molecular flexibility index (Phi) is 7.43. The van der Waals surface area contributed by atoms with Gasteiger partial charge in [0.15, 0.2) is 22.9 Å². The van der Waals surface area contributed by atoms with Gasteiger partial charge in [0.1, 0.15) is 11.7 Å². The molecule has 4 rings (SSSR count). The number of carbonyl (C=O) groups is 1. The Morgan fingerprint density at radius 1 is 1.18 bits per heavy atom. The monoisotopic (exact) mass is 678 g/mol. The lowest BCUT2D eigenvalue weighted by Crippen LogP contribution is -2.57. The predicted octanol–water partition coefficient (Wildman–Crippen LogP) is 4.64. The maximum Gasteiger partial charge on any atom is 0.330 e. The molecule has 1 N–H and O–H groups in total. The molecule has 1 saturated heterocycles. The van der Waals surface area contributed by atoms with Crippen LogP contribution in [0.3, 0.4) is 0 Å². The van der Waals surface area contributed by atoms with E-state index in [1.807, 2.05) is 6.92 Å². The van der Waals surface area contributed by atoms with Gasteiger partial charge in [-0.15, -0.1) is 0 Å². The number of fused-ring (bicyclic) bond motifs is 3. The number of aryl methyl sites for hydroxylation is 1. The third kappa shape index (κ3) is 4.74. The van der Waals surface area contributed by atoms with Crippen LogP contribution in [-0.4, -0.2) is 60.0 Å². The van der Waals surface area contributed by atoms with Gasteiger partial charge in [-0.1, -0.05) is 43.4 Å². The number of H-pyrrole nitrogens is 1. The van der Waals surface area contributed by atoms with E-state index in [4.69, 9.17) is 18.3 Å². The van der Waals surface area contributed by atoms with Gasteiger partial charge in [0, 0.05) is 17.2 Å². The molecule has 2 saturated carbocycles. The summed E-state index contributed by atoms with van der Waals surface area (Å²) in [6, 6.07) is 0. The van der Waals surface area contributed by atoms with Crippen molar-refractivity contribution in [3.63, 3.8) is 0 Å². The number of rotatable bonds is 8. The average molecular weight is 679 g/mol. The predicted molar refractivity (Wildman–Crippen MR) is 159 cm³/mol. The van der Waals surface area contributed by atoms with Gasteiger partial charge in [0.2, 0.25) is 0 Å². The molecule has 0 bridgehead atoms. The number of ether oxygens (including phenoxy) is 2. The van der Waals surface area contributed by atoms with Crippen molar-refractivity contribution in [2.45, 2.75) is 119 Å². The second kappa shape index (κ2) is 9.36. The second-order valence-corrected chi connectivity index (χ2v) is 24.3. The SMILES string of the molecule is CCOC(=O)C[C@@]12C[C@]1(O[Si](C)(C)C(C)(C)C)C1O[C@@H](n3cc(C)c(=O)[nH]c3=O)[C@H](I)[C@@]1(O[Si](C)(C)C)C2. The molecular formula is C26H43IN2O7Si2. The molecule has 1 aromatic heterocycles. The lowest BCUT2D eigenvalue weighted by atomic mass is 9.88. The number of esters is 1. The minimum atomic E-state index is -2.31. The van der Waals surface area contributed by atoms with E-state index in [2.05, 4.69) is 81.1 Å². The number of nitrogens with zero attached hydrogens (tertiary/aromatic N) is 1. The molecule has 214 valence electrons. The van der Waals surface area contributed by atoms with Gasteiger partial charge in [-0.25, -0.2) is 4.79 Å². The highest BCUT2D eigenvalue weighted by Gasteiger charge is 2.87. The van der Waals surface area contributed by atoms with Crippen LogP contribution in [0.5, 0.6) is 0 Å². The van der Waals surface area contributed by atoms with Gasteiger partial charge in [-0.2, -0.15) is 0 Å². The molecule has 0 radical (unpaired) electrons. The fraction of sp³-hybridized carbons (Fsp3) is 0.808. The zero-order valence-electron chi connectivity index (χ0n) is 24.3. The molecule has 38 heavy (non-hydrogen) atoms. The molecule has 1 unspecified atom stereocenters. The number of carbonyl (C=O) groups excluding carboxylic acids is 1. The van der Waals surface area contributed by atoms with Crippen LogP contribution in [0.4, 0.5) is 0 Å². The highest BCUT2D eigenvalue weighted by molar-refractivity contribution is 14.1. The first-order valence-electron chi connectivity index (χ1n) is 13.4. The molecule has 1 aliphatic heterocycles. The summed E-state index contributed by atoms with van der Waals surface area (Å²) in [7, 11) is -4.45. The number of aromatic amines is 1. The van der Waals surface area contributed by atoms with Gasteiger partial charge in [-0.05, 0) is 64.5 Å². The van der Waals surface area contributed by atoms with Crippen LogP contribution < -0.4 is 11.2 Å². The van der Waals surface area contributed by atoms with E-state index in [1.54, 1.807) is 13.1 Å². The van der Waals surface area contributed by atoms with Crippen LogP contribution in [0.25, 0.3) is 0 Å². The summed E-state index contributed by atoms with van der Waals surface area (Å²) in [6.45, 7) is 21.3. The fourth-order valence-electron chi connectivity index (χ4n) is 6.24. The van der Waals surface area contributed by atoms with Gasteiger partial charge in [-0.3, -0.25) is 19.1 Å². The van der Waals surface area contributed by atoms with Crippen molar-refractivity contribution in [2.75, 3.05) is 6.61 Å². The van der Waals surface area contributed by atoms with E-state index in [1.165, 1.54) is 4.57 Å². The Bertz CT molecular complexity index is 1240. The largest absolute Gasteiger partial charge is 0.466 e. The summed E-state index contributed by atoms with van der Waals surface area (Å²) in [5, 5.41) is -0.0560. The van der Waals surface area contributed by atoms with Crippen molar-refractivity contribution in [1.29, 1.82) is 0 Å². The number of hydrogen-bond acceptors (Lipinski definition) is 7. The molecule has 0 aromatic carbocycles. The summed E-state index contributed by atoms with van der Waals surface area (Å²) in [6.07, 6.45) is 1.96. The van der Waals surface area contributed by atoms with Crippen molar-refractivity contribution < 1.29 is 23.1 Å². The van der Waals surface area contributed by atoms with Crippen LogP contribution in [-0.2, 0) is 23.1 Å². The van der Waals surface area contributed by atoms with E-state index in [0.717, 1.165) is 0 Å². The third-order valence-corrected chi connectivity index (χ3v) is 15.9. The quantitative estimate of drug-likeness (QED) is 0.185. The van der Waals surface area contributed by atoms with Crippen molar-refractivity contribution in [1.82, 2.24) is 9.55 Å². The topological polar surface area (TPSA) is 109 Å². The Morgan fingerprint density at radius 3 is 2.37 bits per heavy atom. The smallest absolute Gasteiger partial charge is 0.330 e.